The Kier molecular flexibility index (Phi) is 5.43. The third-order valence-corrected chi connectivity index (χ3v) is 4.93. The number of nitrogens with one attached hydrogen (secondary N) is 2. The van der Waals surface area contributed by atoms with Crippen LogP contribution in [0.25, 0.3) is 0 Å². The Bertz CT molecular complexity index is 1070. The molecule has 1 aliphatic rings. The third kappa shape index (κ3) is 4.54. The van der Waals surface area contributed by atoms with Crippen molar-refractivity contribution in [3.05, 3.63) is 59.4 Å². The number of hydrazone groups is 1. The first-order chi connectivity index (χ1) is 14.1. The summed E-state index contributed by atoms with van der Waals surface area (Å²) in [6.45, 7) is 2.06. The average molecular weight is 413 g/mol. The number of hydrogen-bond donors (Lipinski definition) is 2. The van der Waals surface area contributed by atoms with E-state index in [4.69, 9.17) is 9.47 Å². The Morgan fingerprint density at radius 2 is 1.97 bits per heavy atom. The number of thioether (sulfide) groups is 1. The highest BCUT2D eigenvalue weighted by Crippen LogP contribution is 2.32. The summed E-state index contributed by atoms with van der Waals surface area (Å²) in [5.74, 6) is 1.37. The van der Waals surface area contributed by atoms with Gasteiger partial charge >= 0.3 is 0 Å². The summed E-state index contributed by atoms with van der Waals surface area (Å²) >= 11 is 1.18. The second kappa shape index (κ2) is 8.31. The molecule has 0 amide bonds. The third-order valence-electron chi connectivity index (χ3n) is 4.08. The molecule has 3 aromatic rings. The van der Waals surface area contributed by atoms with E-state index < -0.39 is 0 Å². The molecule has 0 spiro atoms. The molecule has 2 aromatic carbocycles. The highest BCUT2D eigenvalue weighted by Gasteiger charge is 2.14. The van der Waals surface area contributed by atoms with Gasteiger partial charge in [0.1, 0.15) is 5.82 Å². The molecule has 0 unspecified atom stereocenters. The number of nitrogens with zero attached hydrogens (tertiary/aromatic N) is 3. The van der Waals surface area contributed by atoms with Crippen LogP contribution in [0.2, 0.25) is 0 Å². The van der Waals surface area contributed by atoms with Crippen LogP contribution in [-0.2, 0) is 0 Å². The van der Waals surface area contributed by atoms with Crippen molar-refractivity contribution in [3.63, 3.8) is 0 Å². The standard InChI is InChI=1S/C19H16FN5O3S/c1-11(13-4-7-16-17(8-13)28-10-27-16)22-23-18-21-19(25-24-18)29-9-15(26)12-2-5-14(20)6-3-12/h2-8H,9-10H2,1H3,(H2,21,23,24,25)/b22-11+. The number of anilines is 1. The van der Waals surface area contributed by atoms with E-state index in [9.17, 15) is 9.18 Å². The normalized spacial score (nSPS) is 12.8. The zero-order valence-corrected chi connectivity index (χ0v) is 16.1. The Morgan fingerprint density at radius 3 is 2.79 bits per heavy atom. The van der Waals surface area contributed by atoms with Crippen molar-refractivity contribution in [3.8, 4) is 11.5 Å². The first-order valence-electron chi connectivity index (χ1n) is 8.63. The van der Waals surface area contributed by atoms with Crippen molar-refractivity contribution in [2.45, 2.75) is 12.1 Å². The number of aromatic amines is 1. The highest BCUT2D eigenvalue weighted by atomic mass is 32.2. The van der Waals surface area contributed by atoms with Gasteiger partial charge in [-0.2, -0.15) is 10.1 Å². The molecule has 148 valence electrons. The van der Waals surface area contributed by atoms with E-state index in [1.807, 2.05) is 25.1 Å². The van der Waals surface area contributed by atoms with Gasteiger partial charge in [-0.15, -0.1) is 5.10 Å². The number of fused-ring (bicyclic) bond motifs is 1. The SMILES string of the molecule is C/C(=N\Nc1nc(SCC(=O)c2ccc(F)cc2)n[nH]1)c1ccc2c(c1)OCO2. The molecule has 0 fully saturated rings. The van der Waals surface area contributed by atoms with Crippen LogP contribution >= 0.6 is 11.8 Å². The maximum atomic E-state index is 12.9. The molecule has 10 heteroatoms. The number of rotatable bonds is 7. The first kappa shape index (κ1) is 18.9. The van der Waals surface area contributed by atoms with Crippen LogP contribution in [0.3, 0.4) is 0 Å². The number of ether oxygens (including phenoxy) is 2. The maximum Gasteiger partial charge on any atom is 0.240 e. The van der Waals surface area contributed by atoms with E-state index in [0.29, 0.717) is 28.2 Å². The van der Waals surface area contributed by atoms with Gasteiger partial charge in [-0.25, -0.2) is 14.9 Å². The molecule has 29 heavy (non-hydrogen) atoms. The average Bonchev–Trinajstić information content (AvgIpc) is 3.39. The van der Waals surface area contributed by atoms with Crippen molar-refractivity contribution < 1.29 is 18.7 Å². The lowest BCUT2D eigenvalue weighted by molar-refractivity contribution is 0.102. The van der Waals surface area contributed by atoms with E-state index in [1.165, 1.54) is 36.0 Å². The molecule has 0 atom stereocenters. The van der Waals surface area contributed by atoms with Crippen LogP contribution in [0, 0.1) is 5.82 Å². The lowest BCUT2D eigenvalue weighted by atomic mass is 10.1. The number of ketones is 1. The summed E-state index contributed by atoms with van der Waals surface area (Å²) < 4.78 is 23.6. The topological polar surface area (TPSA) is 101 Å². The molecule has 0 saturated heterocycles. The summed E-state index contributed by atoms with van der Waals surface area (Å²) in [5, 5.41) is 11.4. The number of benzene rings is 2. The summed E-state index contributed by atoms with van der Waals surface area (Å²) in [7, 11) is 0. The predicted octanol–water partition coefficient (Wildman–Crippen LogP) is 3.48. The number of hydrogen-bond acceptors (Lipinski definition) is 8. The van der Waals surface area contributed by atoms with Crippen LogP contribution in [0.4, 0.5) is 10.3 Å². The highest BCUT2D eigenvalue weighted by molar-refractivity contribution is 7.99. The lowest BCUT2D eigenvalue weighted by Crippen LogP contribution is -2.02. The van der Waals surface area contributed by atoms with Gasteiger partial charge in [-0.3, -0.25) is 4.79 Å². The molecule has 4 rings (SSSR count). The Balaban J connectivity index is 1.33. The second-order valence-electron chi connectivity index (χ2n) is 6.06. The zero-order valence-electron chi connectivity index (χ0n) is 15.3. The molecule has 0 saturated carbocycles. The smallest absolute Gasteiger partial charge is 0.240 e. The molecule has 8 nitrogen and oxygen atoms in total. The van der Waals surface area contributed by atoms with Crippen LogP contribution in [0.15, 0.2) is 52.7 Å². The van der Waals surface area contributed by atoms with Crippen LogP contribution in [0.5, 0.6) is 11.5 Å². The Morgan fingerprint density at radius 1 is 1.21 bits per heavy atom. The van der Waals surface area contributed by atoms with E-state index in [-0.39, 0.29) is 24.1 Å². The van der Waals surface area contributed by atoms with Crippen molar-refractivity contribution in [1.82, 2.24) is 15.2 Å². The van der Waals surface area contributed by atoms with Gasteiger partial charge in [-0.1, -0.05) is 11.8 Å². The molecule has 0 aliphatic carbocycles. The molecule has 1 aromatic heterocycles. The van der Waals surface area contributed by atoms with Gasteiger partial charge in [0.15, 0.2) is 17.3 Å². The number of H-pyrrole nitrogens is 1. The fraction of sp³-hybridized carbons (Fsp3) is 0.158. The minimum absolute atomic E-state index is 0.133. The first-order valence-corrected chi connectivity index (χ1v) is 9.61. The molecule has 0 radical (unpaired) electrons. The Labute approximate surface area is 169 Å². The Hall–Kier alpha value is -3.40. The van der Waals surface area contributed by atoms with Crippen molar-refractivity contribution in [2.24, 2.45) is 5.10 Å². The van der Waals surface area contributed by atoms with Crippen LogP contribution in [0.1, 0.15) is 22.8 Å². The summed E-state index contributed by atoms with van der Waals surface area (Å²) in [5.41, 5.74) is 4.84. The summed E-state index contributed by atoms with van der Waals surface area (Å²) in [6.07, 6.45) is 0. The van der Waals surface area contributed by atoms with Gasteiger partial charge < -0.3 is 9.47 Å². The second-order valence-corrected chi connectivity index (χ2v) is 7.00. The van der Waals surface area contributed by atoms with Gasteiger partial charge in [0.2, 0.25) is 17.9 Å². The van der Waals surface area contributed by atoms with Crippen LogP contribution in [-0.4, -0.2) is 39.2 Å². The summed E-state index contributed by atoms with van der Waals surface area (Å²) in [6, 6.07) is 11.0. The molecule has 2 heterocycles. The van der Waals surface area contributed by atoms with Gasteiger partial charge in [0.25, 0.3) is 0 Å². The fourth-order valence-corrected chi connectivity index (χ4v) is 3.23. The predicted molar refractivity (Wildman–Crippen MR) is 106 cm³/mol. The number of halogens is 1. The lowest BCUT2D eigenvalue weighted by Gasteiger charge is -2.03. The maximum absolute atomic E-state index is 12.9. The molecule has 0 bridgehead atoms. The van der Waals surface area contributed by atoms with Gasteiger partial charge in [0, 0.05) is 11.1 Å². The minimum Gasteiger partial charge on any atom is -0.454 e. The van der Waals surface area contributed by atoms with Crippen molar-refractivity contribution in [1.29, 1.82) is 0 Å². The number of Topliss-reactive ketones (excluding diaryl/α,β-unsaturated/α-hetero) is 1. The quantitative estimate of drug-likeness (QED) is 0.265. The van der Waals surface area contributed by atoms with E-state index >= 15 is 0 Å². The number of carbonyl (C=O) groups excluding carboxylic acids is 1. The van der Waals surface area contributed by atoms with Crippen molar-refractivity contribution in [2.75, 3.05) is 18.0 Å². The minimum atomic E-state index is -0.379. The van der Waals surface area contributed by atoms with Crippen LogP contribution < -0.4 is 14.9 Å². The largest absolute Gasteiger partial charge is 0.454 e. The van der Waals surface area contributed by atoms with Crippen molar-refractivity contribution >= 4 is 29.2 Å². The summed E-state index contributed by atoms with van der Waals surface area (Å²) in [4.78, 5) is 16.4. The molecule has 1 aliphatic heterocycles. The number of aromatic nitrogens is 3. The fourth-order valence-electron chi connectivity index (χ4n) is 2.53. The van der Waals surface area contributed by atoms with E-state index in [0.717, 1.165) is 11.3 Å². The van der Waals surface area contributed by atoms with Gasteiger partial charge in [0.05, 0.1) is 11.5 Å². The van der Waals surface area contributed by atoms with E-state index in [2.05, 4.69) is 25.7 Å². The monoisotopic (exact) mass is 413 g/mol. The van der Waals surface area contributed by atoms with Gasteiger partial charge in [-0.05, 0) is 49.4 Å². The molecular weight excluding hydrogens is 397 g/mol. The molecular formula is C19H16FN5O3S. The zero-order chi connectivity index (χ0) is 20.2. The number of carbonyl (C=O) groups is 1. The van der Waals surface area contributed by atoms with E-state index in [1.54, 1.807) is 0 Å². The molecule has 2 N–H and O–H groups in total.